The van der Waals surface area contributed by atoms with Gasteiger partial charge in [-0.05, 0) is 31.2 Å². The fraction of sp³-hybridized carbons (Fsp3) is 0.143. The third-order valence-corrected chi connectivity index (χ3v) is 2.49. The Morgan fingerprint density at radius 2 is 2.17 bits per heavy atom. The summed E-state index contributed by atoms with van der Waals surface area (Å²) in [6.45, 7) is 2.50. The molecule has 0 spiro atoms. The summed E-state index contributed by atoms with van der Waals surface area (Å²) < 4.78 is 5.40. The van der Waals surface area contributed by atoms with Crippen molar-refractivity contribution >= 4 is 0 Å². The zero-order valence-corrected chi connectivity index (χ0v) is 9.93. The first kappa shape index (κ1) is 11.9. The first-order chi connectivity index (χ1) is 8.74. The second kappa shape index (κ2) is 5.19. The molecule has 0 atom stereocenters. The molecule has 0 saturated carbocycles. The summed E-state index contributed by atoms with van der Waals surface area (Å²) in [7, 11) is 0. The number of benzene rings is 1. The molecule has 4 heteroatoms. The minimum absolute atomic E-state index is 0.111. The number of ether oxygens (including phenoxy) is 1. The second-order valence-electron chi connectivity index (χ2n) is 3.69. The fourth-order valence-electron chi connectivity index (χ4n) is 1.65. The largest absolute Gasteiger partial charge is 0.494 e. The monoisotopic (exact) mass is 240 g/mol. The fourth-order valence-corrected chi connectivity index (χ4v) is 1.65. The molecule has 1 N–H and O–H groups in total. The van der Waals surface area contributed by atoms with Crippen LogP contribution in [0.3, 0.4) is 0 Å². The van der Waals surface area contributed by atoms with Crippen molar-refractivity contribution in [2.24, 2.45) is 0 Å². The molecule has 0 fully saturated rings. The Kier molecular flexibility index (Phi) is 3.44. The Balaban J connectivity index is 2.43. The molecule has 1 heterocycles. The summed E-state index contributed by atoms with van der Waals surface area (Å²) in [5.74, 6) is 0.750. The minimum Gasteiger partial charge on any atom is -0.494 e. The molecule has 18 heavy (non-hydrogen) atoms. The molecule has 0 aliphatic carbocycles. The van der Waals surface area contributed by atoms with Gasteiger partial charge in [0.05, 0.1) is 6.61 Å². The lowest BCUT2D eigenvalue weighted by Gasteiger charge is -2.06. The van der Waals surface area contributed by atoms with Gasteiger partial charge in [-0.15, -0.1) is 0 Å². The number of pyridine rings is 1. The summed E-state index contributed by atoms with van der Waals surface area (Å²) in [4.78, 5) is 14.2. The zero-order valence-electron chi connectivity index (χ0n) is 9.93. The van der Waals surface area contributed by atoms with E-state index in [0.717, 1.165) is 11.3 Å². The van der Waals surface area contributed by atoms with Gasteiger partial charge >= 0.3 is 0 Å². The van der Waals surface area contributed by atoms with Crippen LogP contribution in [0.1, 0.15) is 12.5 Å². The van der Waals surface area contributed by atoms with Crippen molar-refractivity contribution in [2.45, 2.75) is 6.92 Å². The third-order valence-electron chi connectivity index (χ3n) is 2.49. The number of nitrogens with one attached hydrogen (secondary N) is 1. The van der Waals surface area contributed by atoms with Gasteiger partial charge in [-0.2, -0.15) is 5.26 Å². The highest BCUT2D eigenvalue weighted by Crippen LogP contribution is 2.21. The van der Waals surface area contributed by atoms with E-state index in [-0.39, 0.29) is 11.1 Å². The lowest BCUT2D eigenvalue weighted by molar-refractivity contribution is 0.340. The number of H-pyrrole nitrogens is 1. The first-order valence-electron chi connectivity index (χ1n) is 5.61. The van der Waals surface area contributed by atoms with Gasteiger partial charge in [0, 0.05) is 11.3 Å². The van der Waals surface area contributed by atoms with E-state index in [9.17, 15) is 4.79 Å². The Morgan fingerprint density at radius 3 is 2.83 bits per heavy atom. The predicted molar refractivity (Wildman–Crippen MR) is 68.4 cm³/mol. The van der Waals surface area contributed by atoms with Crippen LogP contribution in [0.4, 0.5) is 0 Å². The Labute approximate surface area is 104 Å². The number of hydrogen-bond acceptors (Lipinski definition) is 3. The van der Waals surface area contributed by atoms with E-state index in [4.69, 9.17) is 10.00 Å². The SMILES string of the molecule is CCOc1cccc(-c2ccc(C#N)c(=O)[nH]2)c1. The van der Waals surface area contributed by atoms with Gasteiger partial charge in [0.15, 0.2) is 0 Å². The van der Waals surface area contributed by atoms with E-state index in [0.29, 0.717) is 12.3 Å². The zero-order chi connectivity index (χ0) is 13.0. The summed E-state index contributed by atoms with van der Waals surface area (Å²) in [6, 6.07) is 12.5. The molecule has 0 bridgehead atoms. The summed E-state index contributed by atoms with van der Waals surface area (Å²) in [5, 5.41) is 8.70. The number of nitriles is 1. The molecule has 0 unspecified atom stereocenters. The number of aromatic amines is 1. The molecule has 1 aromatic heterocycles. The van der Waals surface area contributed by atoms with Crippen LogP contribution in [0.25, 0.3) is 11.3 Å². The van der Waals surface area contributed by atoms with Crippen LogP contribution in [0, 0.1) is 11.3 Å². The molecule has 2 rings (SSSR count). The number of aromatic nitrogens is 1. The van der Waals surface area contributed by atoms with Crippen molar-refractivity contribution in [3.63, 3.8) is 0 Å². The maximum Gasteiger partial charge on any atom is 0.266 e. The Morgan fingerprint density at radius 1 is 1.33 bits per heavy atom. The van der Waals surface area contributed by atoms with Gasteiger partial charge in [0.1, 0.15) is 17.4 Å². The molecule has 0 saturated heterocycles. The number of nitrogens with zero attached hydrogens (tertiary/aromatic N) is 1. The standard InChI is InChI=1S/C14H12N2O2/c1-2-18-12-5-3-4-10(8-12)13-7-6-11(9-15)14(17)16-13/h3-8H,2H2,1H3,(H,16,17). The minimum atomic E-state index is -0.378. The highest BCUT2D eigenvalue weighted by molar-refractivity contribution is 5.61. The quantitative estimate of drug-likeness (QED) is 0.895. The molecule has 4 nitrogen and oxygen atoms in total. The number of rotatable bonds is 3. The van der Waals surface area contributed by atoms with Crippen LogP contribution in [0.5, 0.6) is 5.75 Å². The predicted octanol–water partition coefficient (Wildman–Crippen LogP) is 2.31. The van der Waals surface area contributed by atoms with E-state index in [1.54, 1.807) is 6.07 Å². The van der Waals surface area contributed by atoms with E-state index in [2.05, 4.69) is 4.98 Å². The Bertz CT molecular complexity index is 653. The van der Waals surface area contributed by atoms with Crippen molar-refractivity contribution in [2.75, 3.05) is 6.61 Å². The second-order valence-corrected chi connectivity index (χ2v) is 3.69. The third kappa shape index (κ3) is 2.41. The van der Waals surface area contributed by atoms with Crippen molar-refractivity contribution in [3.8, 4) is 23.1 Å². The van der Waals surface area contributed by atoms with Crippen LogP contribution in [0.15, 0.2) is 41.2 Å². The van der Waals surface area contributed by atoms with Gasteiger partial charge in [0.25, 0.3) is 5.56 Å². The molecular formula is C14H12N2O2. The van der Waals surface area contributed by atoms with Gasteiger partial charge in [-0.1, -0.05) is 12.1 Å². The Hall–Kier alpha value is -2.54. The lowest BCUT2D eigenvalue weighted by Crippen LogP contribution is -2.10. The summed E-state index contributed by atoms with van der Waals surface area (Å²) in [6.07, 6.45) is 0. The van der Waals surface area contributed by atoms with Crippen LogP contribution in [-0.4, -0.2) is 11.6 Å². The van der Waals surface area contributed by atoms with Gasteiger partial charge in [-0.25, -0.2) is 0 Å². The highest BCUT2D eigenvalue weighted by Gasteiger charge is 2.03. The molecule has 0 aliphatic rings. The van der Waals surface area contributed by atoms with Crippen LogP contribution >= 0.6 is 0 Å². The molecule has 1 aromatic carbocycles. The molecule has 0 aliphatic heterocycles. The van der Waals surface area contributed by atoms with Crippen molar-refractivity contribution < 1.29 is 4.74 Å². The van der Waals surface area contributed by atoms with Crippen LogP contribution in [-0.2, 0) is 0 Å². The van der Waals surface area contributed by atoms with E-state index >= 15 is 0 Å². The van der Waals surface area contributed by atoms with E-state index in [1.807, 2.05) is 37.3 Å². The topological polar surface area (TPSA) is 65.9 Å². The molecule has 0 radical (unpaired) electrons. The highest BCUT2D eigenvalue weighted by atomic mass is 16.5. The lowest BCUT2D eigenvalue weighted by atomic mass is 10.1. The van der Waals surface area contributed by atoms with E-state index in [1.165, 1.54) is 6.07 Å². The van der Waals surface area contributed by atoms with Crippen molar-refractivity contribution in [1.29, 1.82) is 5.26 Å². The maximum atomic E-state index is 11.5. The average Bonchev–Trinajstić information content (AvgIpc) is 2.39. The van der Waals surface area contributed by atoms with Crippen molar-refractivity contribution in [1.82, 2.24) is 4.98 Å². The molecule has 0 amide bonds. The molecular weight excluding hydrogens is 228 g/mol. The van der Waals surface area contributed by atoms with Crippen LogP contribution in [0.2, 0.25) is 0 Å². The van der Waals surface area contributed by atoms with Crippen molar-refractivity contribution in [3.05, 3.63) is 52.3 Å². The normalized spacial score (nSPS) is 9.78. The molecule has 2 aromatic rings. The first-order valence-corrected chi connectivity index (χ1v) is 5.61. The van der Waals surface area contributed by atoms with E-state index < -0.39 is 0 Å². The summed E-state index contributed by atoms with van der Waals surface area (Å²) >= 11 is 0. The van der Waals surface area contributed by atoms with Crippen LogP contribution < -0.4 is 10.3 Å². The average molecular weight is 240 g/mol. The smallest absolute Gasteiger partial charge is 0.266 e. The van der Waals surface area contributed by atoms with Gasteiger partial charge in [-0.3, -0.25) is 4.79 Å². The summed E-state index contributed by atoms with van der Waals surface area (Å²) in [5.41, 5.74) is 1.25. The number of hydrogen-bond donors (Lipinski definition) is 1. The maximum absolute atomic E-state index is 11.5. The van der Waals surface area contributed by atoms with Gasteiger partial charge < -0.3 is 9.72 Å². The molecule has 90 valence electrons. The van der Waals surface area contributed by atoms with Gasteiger partial charge in [0.2, 0.25) is 0 Å².